The zero-order valence-corrected chi connectivity index (χ0v) is 35.5. The second kappa shape index (κ2) is 18.3. The summed E-state index contributed by atoms with van der Waals surface area (Å²) >= 11 is 0.173. The van der Waals surface area contributed by atoms with Crippen molar-refractivity contribution in [1.82, 2.24) is 0 Å². The van der Waals surface area contributed by atoms with Crippen LogP contribution in [0.25, 0.3) is 0 Å². The average molecular weight is 806 g/mol. The van der Waals surface area contributed by atoms with Gasteiger partial charge in [-0.3, -0.25) is 0 Å². The van der Waals surface area contributed by atoms with Gasteiger partial charge in [0, 0.05) is 0 Å². The van der Waals surface area contributed by atoms with Gasteiger partial charge in [-0.1, -0.05) is 0 Å². The van der Waals surface area contributed by atoms with Crippen LogP contribution in [0.5, 0.6) is 0 Å². The molecule has 0 aliphatic carbocycles. The molecule has 276 valence electrons. The molecule has 6 rings (SSSR count). The Morgan fingerprint density at radius 1 is 0.679 bits per heavy atom. The molecule has 1 heterocycles. The van der Waals surface area contributed by atoms with Crippen LogP contribution in [0.2, 0.25) is 23.5 Å². The third-order valence-electron chi connectivity index (χ3n) is 10.1. The number of hydrogen-bond acceptors (Lipinski definition) is 4. The van der Waals surface area contributed by atoms with Crippen molar-refractivity contribution < 1.29 is 18.6 Å². The summed E-state index contributed by atoms with van der Waals surface area (Å²) in [6.07, 6.45) is 1.82. The molecule has 0 saturated carbocycles. The van der Waals surface area contributed by atoms with E-state index in [1.54, 1.807) is 0 Å². The molecule has 0 radical (unpaired) electrons. The number of rotatable bonds is 14. The van der Waals surface area contributed by atoms with Crippen molar-refractivity contribution in [2.45, 2.75) is 81.9 Å². The van der Waals surface area contributed by atoms with Crippen LogP contribution in [0.1, 0.15) is 32.8 Å². The molecule has 0 aromatic heterocycles. The zero-order valence-electron chi connectivity index (χ0n) is 31.8. The second-order valence-electron chi connectivity index (χ2n) is 15.4. The van der Waals surface area contributed by atoms with Gasteiger partial charge in [0.15, 0.2) is 0 Å². The van der Waals surface area contributed by atoms with Crippen molar-refractivity contribution in [1.29, 1.82) is 0 Å². The first-order chi connectivity index (χ1) is 25.6. The Labute approximate surface area is 325 Å². The summed E-state index contributed by atoms with van der Waals surface area (Å²) in [5.41, 5.74) is 3.57. The van der Waals surface area contributed by atoms with Crippen molar-refractivity contribution in [2.75, 3.05) is 6.61 Å². The van der Waals surface area contributed by atoms with E-state index in [0.29, 0.717) is 19.6 Å². The Morgan fingerprint density at radius 2 is 1.19 bits per heavy atom. The first-order valence-electron chi connectivity index (χ1n) is 18.8. The molecule has 4 atom stereocenters. The van der Waals surface area contributed by atoms with Gasteiger partial charge >= 0.3 is 327 Å². The van der Waals surface area contributed by atoms with Gasteiger partial charge < -0.3 is 0 Å². The van der Waals surface area contributed by atoms with Crippen LogP contribution in [0, 0.1) is 0 Å². The van der Waals surface area contributed by atoms with Crippen molar-refractivity contribution in [3.63, 3.8) is 0 Å². The Kier molecular flexibility index (Phi) is 13.6. The molecular weight excluding hydrogens is 752 g/mol. The van der Waals surface area contributed by atoms with Gasteiger partial charge in [-0.25, -0.2) is 0 Å². The Bertz CT molecular complexity index is 1800. The molecule has 0 amide bonds. The Morgan fingerprint density at radius 3 is 1.74 bits per heavy atom. The van der Waals surface area contributed by atoms with Crippen molar-refractivity contribution in [3.05, 3.63) is 169 Å². The molecule has 4 nitrogen and oxygen atoms in total. The fraction of sp³-hybridized carbons (Fsp3) is 0.304. The van der Waals surface area contributed by atoms with Crippen molar-refractivity contribution in [3.8, 4) is 0 Å². The molecular formula is C46H54O4SeSi2. The molecule has 5 aromatic rings. The van der Waals surface area contributed by atoms with E-state index in [2.05, 4.69) is 191 Å². The third kappa shape index (κ3) is 10.2. The fourth-order valence-corrected chi connectivity index (χ4v) is 15.5. The normalized spacial score (nSPS) is 19.9. The van der Waals surface area contributed by atoms with Crippen LogP contribution in [0.15, 0.2) is 163 Å². The summed E-state index contributed by atoms with van der Waals surface area (Å²) in [6, 6.07) is 53.7. The number of hydrogen-bond donors (Lipinski definition) is 0. The minimum absolute atomic E-state index is 0.161. The molecule has 1 fully saturated rings. The number of benzene rings is 5. The quantitative estimate of drug-likeness (QED) is 0.108. The van der Waals surface area contributed by atoms with E-state index in [1.165, 1.54) is 20.0 Å². The molecule has 0 bridgehead atoms. The average Bonchev–Trinajstić information content (AvgIpc) is 3.36. The number of ether oxygens (including phenoxy) is 3. The van der Waals surface area contributed by atoms with E-state index in [-0.39, 0.29) is 38.3 Å². The fourth-order valence-electron chi connectivity index (χ4n) is 7.21. The topological polar surface area (TPSA) is 36.9 Å². The van der Waals surface area contributed by atoms with E-state index < -0.39 is 22.7 Å². The van der Waals surface area contributed by atoms with Gasteiger partial charge in [-0.05, 0) is 0 Å². The molecule has 5 aromatic carbocycles. The van der Waals surface area contributed by atoms with Gasteiger partial charge in [-0.15, -0.1) is 0 Å². The first kappa shape index (κ1) is 39.3. The van der Waals surface area contributed by atoms with Crippen LogP contribution in [-0.2, 0) is 25.2 Å². The molecule has 0 spiro atoms. The zero-order chi connectivity index (χ0) is 37.2. The minimum atomic E-state index is -2.83. The maximum atomic E-state index is 7.53. The third-order valence-corrected chi connectivity index (χ3v) is 20.1. The van der Waals surface area contributed by atoms with E-state index in [1.807, 2.05) is 6.07 Å². The molecule has 2 unspecified atom stereocenters. The summed E-state index contributed by atoms with van der Waals surface area (Å²) in [5.74, 6) is 0. The Hall–Kier alpha value is -3.37. The van der Waals surface area contributed by atoms with E-state index in [0.717, 1.165) is 10.9 Å². The second-order valence-corrected chi connectivity index (χ2v) is 26.3. The van der Waals surface area contributed by atoms with Gasteiger partial charge in [0.25, 0.3) is 0 Å². The summed E-state index contributed by atoms with van der Waals surface area (Å²) in [7, 11) is -4.71. The standard InChI is InChI=1S/C46H54O4SeSi2/c1-46(2,3)53(41-27-17-9-18-28-41,42-29-19-10-20-30-42)48-35-44-43(47-34-37-21-11-6-12-22-37)33-38(31-32-52(4,5)40-25-15-8-16-26-40)49-45(50-44)36-51-39-23-13-7-14-24-39/h6-32,38,43-45H,33-36H2,1-5H3/b32-31+/t38?,43-,44+,45?/m0/s1. The molecule has 1 saturated heterocycles. The predicted molar refractivity (Wildman–Crippen MR) is 226 cm³/mol. The summed E-state index contributed by atoms with van der Waals surface area (Å²) < 4.78 is 29.8. The SMILES string of the molecule is CC(C)(C)[Si](OC[C@H]1OC(C[Se]c2ccccc2)OC(/C=C/[Si](C)(C)c2ccccc2)C[C@@H]1OCc1ccccc1)(c1ccccc1)c1ccccc1. The van der Waals surface area contributed by atoms with E-state index >= 15 is 0 Å². The van der Waals surface area contributed by atoms with Crippen molar-refractivity contribution >= 4 is 51.4 Å². The molecule has 0 N–H and O–H groups in total. The monoisotopic (exact) mass is 806 g/mol. The van der Waals surface area contributed by atoms with Crippen LogP contribution >= 0.6 is 0 Å². The van der Waals surface area contributed by atoms with E-state index in [4.69, 9.17) is 18.6 Å². The molecule has 1 aliphatic heterocycles. The summed E-state index contributed by atoms with van der Waals surface area (Å²) in [4.78, 5) is 0. The molecule has 1 aliphatic rings. The van der Waals surface area contributed by atoms with Crippen molar-refractivity contribution in [2.24, 2.45) is 0 Å². The van der Waals surface area contributed by atoms with E-state index in [9.17, 15) is 0 Å². The summed E-state index contributed by atoms with van der Waals surface area (Å²) in [6.45, 7) is 12.6. The van der Waals surface area contributed by atoms with Crippen LogP contribution in [-0.4, -0.2) is 62.6 Å². The van der Waals surface area contributed by atoms with Gasteiger partial charge in [-0.2, -0.15) is 0 Å². The van der Waals surface area contributed by atoms with Crippen LogP contribution in [0.4, 0.5) is 0 Å². The maximum absolute atomic E-state index is 7.53. The van der Waals surface area contributed by atoms with Gasteiger partial charge in [0.1, 0.15) is 0 Å². The first-order valence-corrected chi connectivity index (χ1v) is 25.8. The summed E-state index contributed by atoms with van der Waals surface area (Å²) in [5, 5.41) is 4.54. The Balaban J connectivity index is 1.36. The molecule has 53 heavy (non-hydrogen) atoms. The predicted octanol–water partition coefficient (Wildman–Crippen LogP) is 7.81. The molecule has 7 heteroatoms. The van der Waals surface area contributed by atoms with Gasteiger partial charge in [0.2, 0.25) is 0 Å². The van der Waals surface area contributed by atoms with Crippen LogP contribution in [0.3, 0.4) is 0 Å². The van der Waals surface area contributed by atoms with Gasteiger partial charge in [0.05, 0.1) is 0 Å². The van der Waals surface area contributed by atoms with Crippen LogP contribution < -0.4 is 20.0 Å².